The van der Waals surface area contributed by atoms with E-state index in [0.717, 1.165) is 58.3 Å². The molecule has 1 N–H and O–H groups in total. The van der Waals surface area contributed by atoms with Crippen molar-refractivity contribution in [1.82, 2.24) is 18.8 Å². The van der Waals surface area contributed by atoms with Gasteiger partial charge in [-0.3, -0.25) is 0 Å². The van der Waals surface area contributed by atoms with Crippen LogP contribution in [0, 0.1) is 6.92 Å². The first-order valence-electron chi connectivity index (χ1n) is 8.80. The van der Waals surface area contributed by atoms with Crippen molar-refractivity contribution < 1.29 is 9.32 Å². The van der Waals surface area contributed by atoms with Crippen molar-refractivity contribution in [3.8, 4) is 0 Å². The molecular weight excluding hydrogens is 350 g/mol. The third-order valence-corrected chi connectivity index (χ3v) is 5.38. The summed E-state index contributed by atoms with van der Waals surface area (Å²) in [5, 5.41) is 7.24. The Balaban J connectivity index is 1.58. The van der Waals surface area contributed by atoms with Gasteiger partial charge in [-0.25, -0.2) is 4.79 Å². The molecular formula is C18H21N5O2S. The number of carbonyl (C=O) groups excluding carboxylic acids is 1. The Morgan fingerprint density at radius 2 is 2.23 bits per heavy atom. The molecule has 7 nitrogen and oxygen atoms in total. The quantitative estimate of drug-likeness (QED) is 0.734. The van der Waals surface area contributed by atoms with Crippen LogP contribution in [0.1, 0.15) is 55.7 Å². The van der Waals surface area contributed by atoms with E-state index >= 15 is 0 Å². The second-order valence-electron chi connectivity index (χ2n) is 6.98. The summed E-state index contributed by atoms with van der Waals surface area (Å²) in [6, 6.07) is 5.65. The van der Waals surface area contributed by atoms with Gasteiger partial charge in [0.15, 0.2) is 0 Å². The van der Waals surface area contributed by atoms with E-state index in [1.807, 2.05) is 30.0 Å². The highest BCUT2D eigenvalue weighted by Gasteiger charge is 2.33. The summed E-state index contributed by atoms with van der Waals surface area (Å²) in [4.78, 5) is 14.8. The Morgan fingerprint density at radius 1 is 1.38 bits per heavy atom. The van der Waals surface area contributed by atoms with Crippen LogP contribution in [-0.4, -0.2) is 31.4 Å². The van der Waals surface area contributed by atoms with Crippen molar-refractivity contribution in [3.05, 3.63) is 35.2 Å². The lowest BCUT2D eigenvalue weighted by molar-refractivity contribution is 0.204. The third-order valence-electron chi connectivity index (χ3n) is 4.84. The number of urea groups is 1. The molecule has 26 heavy (non-hydrogen) atoms. The van der Waals surface area contributed by atoms with E-state index in [9.17, 15) is 4.79 Å². The van der Waals surface area contributed by atoms with Crippen LogP contribution in [0.15, 0.2) is 22.7 Å². The summed E-state index contributed by atoms with van der Waals surface area (Å²) < 4.78 is 14.0. The van der Waals surface area contributed by atoms with Gasteiger partial charge in [0.2, 0.25) is 0 Å². The molecule has 3 heterocycles. The van der Waals surface area contributed by atoms with E-state index in [2.05, 4.69) is 33.1 Å². The number of aryl methyl sites for hydroxylation is 1. The highest BCUT2D eigenvalue weighted by molar-refractivity contribution is 7.00. The molecule has 0 unspecified atom stereocenters. The fourth-order valence-electron chi connectivity index (χ4n) is 3.34. The van der Waals surface area contributed by atoms with Gasteiger partial charge >= 0.3 is 6.03 Å². The molecule has 1 fully saturated rings. The van der Waals surface area contributed by atoms with Gasteiger partial charge in [-0.2, -0.15) is 8.75 Å². The second-order valence-corrected chi connectivity index (χ2v) is 7.51. The zero-order chi connectivity index (χ0) is 18.3. The largest absolute Gasteiger partial charge is 0.361 e. The lowest BCUT2D eigenvalue weighted by atomic mass is 10.1. The highest BCUT2D eigenvalue weighted by atomic mass is 32.1. The number of likely N-dealkylation sites (tertiary alicyclic amines) is 1. The van der Waals surface area contributed by atoms with Crippen LogP contribution in [0.5, 0.6) is 0 Å². The molecule has 1 aliphatic heterocycles. The van der Waals surface area contributed by atoms with Gasteiger partial charge < -0.3 is 14.7 Å². The summed E-state index contributed by atoms with van der Waals surface area (Å²) in [6.07, 6.45) is 1.84. The fourth-order valence-corrected chi connectivity index (χ4v) is 3.88. The SMILES string of the molecule is Cc1ccc2nsnc2c1NC(=O)N1CCC[C@@H]1c1cc(C(C)C)on1. The van der Waals surface area contributed by atoms with Gasteiger partial charge in [-0.1, -0.05) is 25.1 Å². The summed E-state index contributed by atoms with van der Waals surface area (Å²) >= 11 is 1.15. The number of amides is 2. The first-order valence-corrected chi connectivity index (χ1v) is 9.53. The molecule has 4 rings (SSSR count). The number of rotatable bonds is 3. The Kier molecular flexibility index (Phi) is 4.36. The molecule has 1 atom stereocenters. The number of aromatic nitrogens is 3. The van der Waals surface area contributed by atoms with Crippen molar-refractivity contribution in [3.63, 3.8) is 0 Å². The molecule has 0 radical (unpaired) electrons. The van der Waals surface area contributed by atoms with Crippen LogP contribution in [0.2, 0.25) is 0 Å². The standard InChI is InChI=1S/C18H21N5O2S/c1-10(2)15-9-13(20-25-15)14-5-4-8-23(14)18(24)19-16-11(3)6-7-12-17(16)22-26-21-12/h6-7,9-10,14H,4-5,8H2,1-3H3,(H,19,24)/t14-/m1/s1. The molecule has 0 saturated carbocycles. The van der Waals surface area contributed by atoms with Gasteiger partial charge in [0.1, 0.15) is 22.5 Å². The molecule has 1 aromatic carbocycles. The number of benzene rings is 1. The fraction of sp³-hybridized carbons (Fsp3) is 0.444. The first kappa shape index (κ1) is 17.0. The van der Waals surface area contributed by atoms with Crippen molar-refractivity contribution >= 4 is 34.5 Å². The Hall–Kier alpha value is -2.48. The number of nitrogens with one attached hydrogen (secondary N) is 1. The van der Waals surface area contributed by atoms with Crippen LogP contribution in [0.3, 0.4) is 0 Å². The highest BCUT2D eigenvalue weighted by Crippen LogP contribution is 2.34. The molecule has 3 aromatic rings. The first-order chi connectivity index (χ1) is 12.5. The van der Waals surface area contributed by atoms with Gasteiger partial charge in [0.25, 0.3) is 0 Å². The predicted octanol–water partition coefficient (Wildman–Crippen LogP) is 4.48. The van der Waals surface area contributed by atoms with Crippen molar-refractivity contribution in [2.45, 2.75) is 45.6 Å². The molecule has 1 saturated heterocycles. The van der Waals surface area contributed by atoms with E-state index in [1.165, 1.54) is 0 Å². The van der Waals surface area contributed by atoms with Gasteiger partial charge in [-0.05, 0) is 31.4 Å². The normalized spacial score (nSPS) is 17.4. The van der Waals surface area contributed by atoms with Crippen molar-refractivity contribution in [2.75, 3.05) is 11.9 Å². The summed E-state index contributed by atoms with van der Waals surface area (Å²) in [7, 11) is 0. The van der Waals surface area contributed by atoms with Crippen LogP contribution in [0.4, 0.5) is 10.5 Å². The minimum absolute atomic E-state index is 0.0562. The summed E-state index contributed by atoms with van der Waals surface area (Å²) in [6.45, 7) is 6.79. The van der Waals surface area contributed by atoms with Crippen LogP contribution in [-0.2, 0) is 0 Å². The molecule has 2 aromatic heterocycles. The minimum Gasteiger partial charge on any atom is -0.361 e. The lowest BCUT2D eigenvalue weighted by Gasteiger charge is -2.23. The number of fused-ring (bicyclic) bond motifs is 1. The van der Waals surface area contributed by atoms with Crippen LogP contribution in [0.25, 0.3) is 11.0 Å². The number of hydrogen-bond acceptors (Lipinski definition) is 6. The number of carbonyl (C=O) groups is 1. The number of anilines is 1. The number of hydrogen-bond donors (Lipinski definition) is 1. The topological polar surface area (TPSA) is 84.2 Å². The van der Waals surface area contributed by atoms with Crippen LogP contribution < -0.4 is 5.32 Å². The number of nitrogens with zero attached hydrogens (tertiary/aromatic N) is 4. The molecule has 2 amide bonds. The average molecular weight is 371 g/mol. The van der Waals surface area contributed by atoms with E-state index in [1.54, 1.807) is 0 Å². The maximum absolute atomic E-state index is 13.0. The Labute approximate surface area is 155 Å². The smallest absolute Gasteiger partial charge is 0.322 e. The monoisotopic (exact) mass is 371 g/mol. The zero-order valence-electron chi connectivity index (χ0n) is 15.0. The molecule has 0 spiro atoms. The van der Waals surface area contributed by atoms with E-state index in [0.29, 0.717) is 6.54 Å². The third kappa shape index (κ3) is 2.94. The van der Waals surface area contributed by atoms with E-state index in [-0.39, 0.29) is 18.0 Å². The van der Waals surface area contributed by atoms with Gasteiger partial charge in [0.05, 0.1) is 23.5 Å². The molecule has 1 aliphatic rings. The zero-order valence-corrected chi connectivity index (χ0v) is 15.8. The van der Waals surface area contributed by atoms with Gasteiger partial charge in [-0.15, -0.1) is 0 Å². The Bertz CT molecular complexity index is 948. The molecule has 136 valence electrons. The maximum Gasteiger partial charge on any atom is 0.322 e. The van der Waals surface area contributed by atoms with Crippen LogP contribution >= 0.6 is 11.7 Å². The molecule has 8 heteroatoms. The maximum atomic E-state index is 13.0. The van der Waals surface area contributed by atoms with Gasteiger partial charge in [0, 0.05) is 18.5 Å². The predicted molar refractivity (Wildman–Crippen MR) is 100 cm³/mol. The summed E-state index contributed by atoms with van der Waals surface area (Å²) in [5.74, 6) is 1.12. The second kappa shape index (κ2) is 6.68. The Morgan fingerprint density at radius 3 is 3.00 bits per heavy atom. The summed E-state index contributed by atoms with van der Waals surface area (Å²) in [5.41, 5.74) is 4.06. The van der Waals surface area contributed by atoms with E-state index in [4.69, 9.17) is 4.52 Å². The minimum atomic E-state index is -0.134. The lowest BCUT2D eigenvalue weighted by Crippen LogP contribution is -2.34. The van der Waals surface area contributed by atoms with Crippen molar-refractivity contribution in [2.24, 2.45) is 0 Å². The average Bonchev–Trinajstić information content (AvgIpc) is 3.36. The molecule has 0 bridgehead atoms. The van der Waals surface area contributed by atoms with E-state index < -0.39 is 0 Å². The van der Waals surface area contributed by atoms with Crippen molar-refractivity contribution in [1.29, 1.82) is 0 Å². The molecule has 0 aliphatic carbocycles.